The summed E-state index contributed by atoms with van der Waals surface area (Å²) in [6, 6.07) is 0. The Balaban J connectivity index is 1.79. The Labute approximate surface area is 158 Å². The van der Waals surface area contributed by atoms with Gasteiger partial charge in [0.15, 0.2) is 0 Å². The van der Waals surface area contributed by atoms with Crippen LogP contribution in [0.3, 0.4) is 0 Å². The van der Waals surface area contributed by atoms with Gasteiger partial charge >= 0.3 is 11.7 Å². The average Bonchev–Trinajstić information content (AvgIpc) is 2.68. The van der Waals surface area contributed by atoms with E-state index in [4.69, 9.17) is 4.74 Å². The second kappa shape index (κ2) is 8.49. The van der Waals surface area contributed by atoms with Gasteiger partial charge in [0.1, 0.15) is 6.33 Å². The van der Waals surface area contributed by atoms with Gasteiger partial charge in [-0.2, -0.15) is 0 Å². The normalized spacial score (nSPS) is 19.2. The van der Waals surface area contributed by atoms with Gasteiger partial charge in [0.2, 0.25) is 11.6 Å². The molecule has 0 saturated carbocycles. The molecule has 1 aromatic heterocycles. The van der Waals surface area contributed by atoms with Crippen molar-refractivity contribution in [1.29, 1.82) is 0 Å². The van der Waals surface area contributed by atoms with Crippen LogP contribution in [0, 0.1) is 22.0 Å². The van der Waals surface area contributed by atoms with E-state index in [1.165, 1.54) is 6.33 Å². The van der Waals surface area contributed by atoms with Crippen LogP contribution in [0.5, 0.6) is 0 Å². The van der Waals surface area contributed by atoms with Crippen molar-refractivity contribution in [2.75, 3.05) is 42.6 Å². The molecule has 0 N–H and O–H groups in total. The van der Waals surface area contributed by atoms with E-state index < -0.39 is 0 Å². The molecule has 2 saturated heterocycles. The van der Waals surface area contributed by atoms with Crippen molar-refractivity contribution in [3.05, 3.63) is 16.4 Å². The van der Waals surface area contributed by atoms with Crippen LogP contribution in [0.1, 0.15) is 39.5 Å². The van der Waals surface area contributed by atoms with Crippen molar-refractivity contribution in [2.45, 2.75) is 39.5 Å². The van der Waals surface area contributed by atoms with E-state index >= 15 is 0 Å². The molecule has 0 aliphatic carbocycles. The minimum atomic E-state index is -0.375. The molecule has 2 aliphatic rings. The molecule has 0 unspecified atom stereocenters. The van der Waals surface area contributed by atoms with E-state index in [2.05, 4.69) is 16.9 Å². The first-order chi connectivity index (χ1) is 13.0. The third-order valence-electron chi connectivity index (χ3n) is 5.46. The van der Waals surface area contributed by atoms with E-state index in [1.54, 1.807) is 6.92 Å². The zero-order valence-corrected chi connectivity index (χ0v) is 16.0. The summed E-state index contributed by atoms with van der Waals surface area (Å²) >= 11 is 0. The van der Waals surface area contributed by atoms with Gasteiger partial charge in [-0.1, -0.05) is 6.92 Å². The Kier molecular flexibility index (Phi) is 6.08. The lowest BCUT2D eigenvalue weighted by Gasteiger charge is -2.33. The van der Waals surface area contributed by atoms with Crippen LogP contribution in [-0.4, -0.2) is 53.6 Å². The quantitative estimate of drug-likeness (QED) is 0.438. The topological polar surface area (TPSA) is 102 Å². The summed E-state index contributed by atoms with van der Waals surface area (Å²) in [4.78, 5) is 35.8. The number of anilines is 2. The van der Waals surface area contributed by atoms with Crippen molar-refractivity contribution in [1.82, 2.24) is 9.97 Å². The first-order valence-electron chi connectivity index (χ1n) is 9.67. The van der Waals surface area contributed by atoms with E-state index in [9.17, 15) is 14.9 Å². The SMILES string of the molecule is CCOC(=O)C1CCN(c2ncnc(N3CCC(C)CC3)c2[N+](=O)[O-])CC1. The average molecular weight is 377 g/mol. The zero-order chi connectivity index (χ0) is 19.4. The fourth-order valence-corrected chi connectivity index (χ4v) is 3.79. The number of nitro groups is 1. The summed E-state index contributed by atoms with van der Waals surface area (Å²) in [6.45, 7) is 6.97. The molecule has 148 valence electrons. The summed E-state index contributed by atoms with van der Waals surface area (Å²) in [7, 11) is 0. The Hall–Kier alpha value is -2.45. The third-order valence-corrected chi connectivity index (χ3v) is 5.46. The fourth-order valence-electron chi connectivity index (χ4n) is 3.79. The number of nitrogens with zero attached hydrogens (tertiary/aromatic N) is 5. The Morgan fingerprint density at radius 3 is 2.15 bits per heavy atom. The Morgan fingerprint density at radius 2 is 1.67 bits per heavy atom. The lowest BCUT2D eigenvalue weighted by molar-refractivity contribution is -0.383. The number of esters is 1. The van der Waals surface area contributed by atoms with Gasteiger partial charge in [0.25, 0.3) is 0 Å². The molecule has 9 nitrogen and oxygen atoms in total. The highest BCUT2D eigenvalue weighted by Crippen LogP contribution is 2.37. The minimum absolute atomic E-state index is 0.0263. The highest BCUT2D eigenvalue weighted by Gasteiger charge is 2.34. The second-order valence-corrected chi connectivity index (χ2v) is 7.31. The molecule has 0 spiro atoms. The van der Waals surface area contributed by atoms with Crippen molar-refractivity contribution >= 4 is 23.3 Å². The predicted octanol–water partition coefficient (Wildman–Crippen LogP) is 2.40. The van der Waals surface area contributed by atoms with Gasteiger partial charge in [-0.3, -0.25) is 14.9 Å². The number of carbonyl (C=O) groups excluding carboxylic acids is 1. The maximum absolute atomic E-state index is 11.9. The van der Waals surface area contributed by atoms with Crippen molar-refractivity contribution in [3.63, 3.8) is 0 Å². The zero-order valence-electron chi connectivity index (χ0n) is 16.0. The Bertz CT molecular complexity index is 682. The standard InChI is InChI=1S/C18H27N5O4/c1-3-27-18(24)14-6-10-22(11-7-14)17-15(23(25)26)16(19-12-20-17)21-8-4-13(2)5-9-21/h12-14H,3-11H2,1-2H3. The number of rotatable bonds is 5. The molecule has 0 aromatic carbocycles. The van der Waals surface area contributed by atoms with E-state index in [0.717, 1.165) is 25.9 Å². The van der Waals surface area contributed by atoms with Crippen LogP contribution in [0.15, 0.2) is 6.33 Å². The fraction of sp³-hybridized carbons (Fsp3) is 0.722. The summed E-state index contributed by atoms with van der Waals surface area (Å²) in [5.74, 6) is 1.06. The van der Waals surface area contributed by atoms with Gasteiger partial charge in [-0.25, -0.2) is 9.97 Å². The molecule has 0 amide bonds. The first-order valence-corrected chi connectivity index (χ1v) is 9.67. The molecule has 9 heteroatoms. The highest BCUT2D eigenvalue weighted by molar-refractivity contribution is 5.74. The van der Waals surface area contributed by atoms with Crippen LogP contribution in [-0.2, 0) is 9.53 Å². The molecule has 2 fully saturated rings. The molecular weight excluding hydrogens is 350 g/mol. The minimum Gasteiger partial charge on any atom is -0.466 e. The number of hydrogen-bond acceptors (Lipinski definition) is 8. The van der Waals surface area contributed by atoms with Crippen LogP contribution in [0.25, 0.3) is 0 Å². The number of hydrogen-bond donors (Lipinski definition) is 0. The van der Waals surface area contributed by atoms with E-state index in [-0.39, 0.29) is 22.5 Å². The largest absolute Gasteiger partial charge is 0.466 e. The second-order valence-electron chi connectivity index (χ2n) is 7.31. The highest BCUT2D eigenvalue weighted by atomic mass is 16.6. The summed E-state index contributed by atoms with van der Waals surface area (Å²) in [6.07, 6.45) is 4.63. The molecule has 3 heterocycles. The lowest BCUT2D eigenvalue weighted by Crippen LogP contribution is -2.38. The molecular formula is C18H27N5O4. The summed E-state index contributed by atoms with van der Waals surface area (Å²) in [5, 5.41) is 11.8. The molecule has 1 aromatic rings. The maximum atomic E-state index is 11.9. The van der Waals surface area contributed by atoms with Gasteiger partial charge in [0, 0.05) is 26.2 Å². The first kappa shape index (κ1) is 19.3. The van der Waals surface area contributed by atoms with Gasteiger partial charge in [0.05, 0.1) is 17.4 Å². The molecule has 2 aliphatic heterocycles. The van der Waals surface area contributed by atoms with Crippen molar-refractivity contribution in [3.8, 4) is 0 Å². The molecule has 0 radical (unpaired) electrons. The number of piperidine rings is 2. The van der Waals surface area contributed by atoms with Gasteiger partial charge in [-0.05, 0) is 38.5 Å². The molecule has 0 bridgehead atoms. The molecule has 3 rings (SSSR count). The summed E-state index contributed by atoms with van der Waals surface area (Å²) < 4.78 is 5.09. The van der Waals surface area contributed by atoms with Gasteiger partial charge < -0.3 is 14.5 Å². The van der Waals surface area contributed by atoms with Crippen LogP contribution in [0.2, 0.25) is 0 Å². The van der Waals surface area contributed by atoms with Crippen molar-refractivity contribution < 1.29 is 14.5 Å². The van der Waals surface area contributed by atoms with Crippen LogP contribution >= 0.6 is 0 Å². The van der Waals surface area contributed by atoms with E-state index in [1.807, 2.05) is 9.80 Å². The van der Waals surface area contributed by atoms with Crippen molar-refractivity contribution in [2.24, 2.45) is 11.8 Å². The predicted molar refractivity (Wildman–Crippen MR) is 101 cm³/mol. The monoisotopic (exact) mass is 377 g/mol. The third kappa shape index (κ3) is 4.28. The maximum Gasteiger partial charge on any atom is 0.353 e. The number of ether oxygens (including phenoxy) is 1. The molecule has 0 atom stereocenters. The number of aromatic nitrogens is 2. The van der Waals surface area contributed by atoms with Crippen LogP contribution < -0.4 is 9.80 Å². The van der Waals surface area contributed by atoms with E-state index in [0.29, 0.717) is 50.1 Å². The number of carbonyl (C=O) groups is 1. The Morgan fingerprint density at radius 1 is 1.15 bits per heavy atom. The van der Waals surface area contributed by atoms with Gasteiger partial charge in [-0.15, -0.1) is 0 Å². The lowest BCUT2D eigenvalue weighted by atomic mass is 9.97. The smallest absolute Gasteiger partial charge is 0.353 e. The summed E-state index contributed by atoms with van der Waals surface area (Å²) in [5.41, 5.74) is -0.0263. The van der Waals surface area contributed by atoms with Crippen LogP contribution in [0.4, 0.5) is 17.3 Å². The molecule has 27 heavy (non-hydrogen) atoms.